The van der Waals surface area contributed by atoms with Crippen LogP contribution in [0.15, 0.2) is 267 Å². The highest BCUT2D eigenvalue weighted by Crippen LogP contribution is 2.48. The van der Waals surface area contributed by atoms with Crippen molar-refractivity contribution >= 4 is 106 Å². The number of para-hydroxylation sites is 5. The van der Waals surface area contributed by atoms with Gasteiger partial charge in [-0.05, 0) is 123 Å². The van der Waals surface area contributed by atoms with Crippen LogP contribution in [0.1, 0.15) is 74.6 Å². The van der Waals surface area contributed by atoms with E-state index in [0.717, 1.165) is 44.1 Å². The van der Waals surface area contributed by atoms with Crippen molar-refractivity contribution in [1.82, 2.24) is 28.7 Å². The van der Waals surface area contributed by atoms with E-state index in [-0.39, 0.29) is 71.6 Å². The normalized spacial score (nSPS) is 15.4. The number of fused-ring (bicyclic) bond motifs is 13. The minimum atomic E-state index is -0.775. The molecule has 12 aromatic carbocycles. The van der Waals surface area contributed by atoms with E-state index in [9.17, 15) is 11.0 Å². The van der Waals surface area contributed by atoms with E-state index in [1.165, 1.54) is 9.13 Å². The topological polar surface area (TPSA) is 65.9 Å². The fourth-order valence-electron chi connectivity index (χ4n) is 13.7. The third-order valence-electron chi connectivity index (χ3n) is 18.2. The second-order valence-corrected chi connectivity index (χ2v) is 25.6. The summed E-state index contributed by atoms with van der Waals surface area (Å²) in [6, 6.07) is 46.7. The van der Waals surface area contributed by atoms with Crippen LogP contribution >= 0.6 is 0 Å². The smallest absolute Gasteiger partial charge is 0.256 e. The molecule has 92 heavy (non-hydrogen) atoms. The third kappa shape index (κ3) is 8.27. The van der Waals surface area contributed by atoms with Crippen molar-refractivity contribution < 1.29 is 26.7 Å². The van der Waals surface area contributed by atoms with Crippen LogP contribution in [0, 0.1) is 0 Å². The lowest BCUT2D eigenvalue weighted by Gasteiger charge is -2.41. The van der Waals surface area contributed by atoms with Crippen molar-refractivity contribution in [3.63, 3.8) is 0 Å². The van der Waals surface area contributed by atoms with E-state index in [2.05, 4.69) is 93.5 Å². The van der Waals surface area contributed by atoms with Gasteiger partial charge in [0.2, 0.25) is 0 Å². The predicted molar refractivity (Wildman–Crippen MR) is 382 cm³/mol. The Morgan fingerprint density at radius 1 is 0.359 bits per heavy atom. The number of hydrogen-bond donors (Lipinski definition) is 0. The number of ether oxygens (including phenoxy) is 1. The Kier molecular flexibility index (Phi) is 8.67. The fourth-order valence-corrected chi connectivity index (χ4v) is 13.7. The summed E-state index contributed by atoms with van der Waals surface area (Å²) < 4.78 is 160. The molecule has 0 atom stereocenters. The molecule has 0 spiro atoms. The first-order valence-corrected chi connectivity index (χ1v) is 30.6. The molecule has 8 nitrogen and oxygen atoms in total. The van der Waals surface area contributed by atoms with Gasteiger partial charge < -0.3 is 23.3 Å². The van der Waals surface area contributed by atoms with Gasteiger partial charge in [-0.25, -0.2) is 15.0 Å². The maximum absolute atomic E-state index is 9.70. The van der Waals surface area contributed by atoms with E-state index >= 15 is 0 Å². The van der Waals surface area contributed by atoms with E-state index < -0.39 is 103 Å². The van der Waals surface area contributed by atoms with Crippen molar-refractivity contribution in [2.75, 3.05) is 4.90 Å². The van der Waals surface area contributed by atoms with E-state index in [1.54, 1.807) is 18.2 Å². The largest absolute Gasteiger partial charge is 0.458 e. The number of hydrogen-bond acceptors (Lipinski definition) is 5. The molecule has 4 aromatic heterocycles. The zero-order chi connectivity index (χ0) is 75.6. The third-order valence-corrected chi connectivity index (χ3v) is 18.2. The molecule has 0 unspecified atom stereocenters. The average molecular weight is 1200 g/mol. The molecule has 2 aliphatic heterocycles. The summed E-state index contributed by atoms with van der Waals surface area (Å²) in [6.45, 7) is 12.4. The molecule has 0 saturated heterocycles. The molecule has 0 saturated carbocycles. The molecule has 6 heterocycles. The molecule has 0 N–H and O–H groups in total. The van der Waals surface area contributed by atoms with E-state index in [1.807, 2.05) is 109 Å². The Labute approximate surface area is 556 Å². The SMILES string of the molecule is [2H]c1c([2H])c([2H])c2c(c1[2H])c1c([2H])c([2H])c([2H])c([2H])c1n2-c1ccc2c(c1)Oc1cc(-n3c4ccc(C(C)(C)C)cc4c4cc(C(C)(C)C)ccc43)cc3c1B2c1ccc(-n2c4c([2H])c([2H])c([2H])c([2H])c4c4c([2H])c([2H])c([2H])c([2H])c42)cc1N3c1ccccc1-c1nc(-c2ccccc2)nc(-c2ccccc2)n1. The molecule has 2 aliphatic rings. The van der Waals surface area contributed by atoms with Crippen LogP contribution in [0.3, 0.4) is 0 Å². The standard InChI is InChI=1S/C83H62BN7O/c1-82(2,3)53-37-43-72-63(45-53)64-46-54(83(4,5)6)38-44-73(64)90(72)57-48-75-78-77(50-57)92-76-49-56(89-69-34-20-15-29-60(69)61-30-16-21-35-70(61)89)40-42-66(76)84(78)65-41-39-55(88-67-32-18-13-27-58(67)59-28-14-19-33-68(59)88)47-74(65)91(75)71-36-22-17-31-62(71)81-86-79(51-23-9-7-10-24-51)85-80(87-81)52-25-11-8-12-26-52/h7-50H,1-6H3/i13D,14D,15D,16D,18D,19D,20D,21D,27D,28D,29D,30D,32D,33D,34D,35D. The van der Waals surface area contributed by atoms with Gasteiger partial charge in [0.05, 0.1) is 66.4 Å². The maximum Gasteiger partial charge on any atom is 0.256 e. The maximum atomic E-state index is 9.70. The number of nitrogens with zero attached hydrogens (tertiary/aromatic N) is 7. The second kappa shape index (κ2) is 20.1. The predicted octanol–water partition coefficient (Wildman–Crippen LogP) is 19.2. The van der Waals surface area contributed by atoms with Gasteiger partial charge in [-0.1, -0.05) is 211 Å². The van der Waals surface area contributed by atoms with Gasteiger partial charge in [0, 0.05) is 83.9 Å². The van der Waals surface area contributed by atoms with Crippen molar-refractivity contribution in [3.8, 4) is 62.7 Å². The van der Waals surface area contributed by atoms with Crippen LogP contribution in [0.4, 0.5) is 17.1 Å². The van der Waals surface area contributed by atoms with Gasteiger partial charge in [0.1, 0.15) is 11.5 Å². The molecule has 0 aliphatic carbocycles. The van der Waals surface area contributed by atoms with Crippen LogP contribution in [0.5, 0.6) is 11.5 Å². The molecule has 16 aromatic rings. The summed E-state index contributed by atoms with van der Waals surface area (Å²) in [4.78, 5) is 17.8. The summed E-state index contributed by atoms with van der Waals surface area (Å²) >= 11 is 0. The molecule has 0 fully saturated rings. The number of rotatable bonds is 7. The number of aromatic nitrogens is 6. The lowest BCUT2D eigenvalue weighted by Crippen LogP contribution is -2.59. The Morgan fingerprint density at radius 2 is 0.793 bits per heavy atom. The van der Waals surface area contributed by atoms with Gasteiger partial charge in [-0.15, -0.1) is 0 Å². The minimum Gasteiger partial charge on any atom is -0.458 e. The van der Waals surface area contributed by atoms with E-state index in [0.29, 0.717) is 67.9 Å². The zero-order valence-corrected chi connectivity index (χ0v) is 50.8. The molecule has 0 radical (unpaired) electrons. The molecule has 18 rings (SSSR count). The first-order valence-electron chi connectivity index (χ1n) is 38.6. The molecular weight excluding hydrogens is 1120 g/mol. The van der Waals surface area contributed by atoms with E-state index in [4.69, 9.17) is 30.7 Å². The Bertz CT molecular complexity index is 6440. The van der Waals surface area contributed by atoms with Crippen LogP contribution in [0.2, 0.25) is 0 Å². The zero-order valence-electron chi connectivity index (χ0n) is 66.8. The quantitative estimate of drug-likeness (QED) is 0.149. The first-order chi connectivity index (χ1) is 51.5. The number of benzene rings is 12. The summed E-state index contributed by atoms with van der Waals surface area (Å²) in [6.07, 6.45) is 0. The Morgan fingerprint density at radius 3 is 1.32 bits per heavy atom. The summed E-state index contributed by atoms with van der Waals surface area (Å²) in [5.41, 5.74) is 9.97. The van der Waals surface area contributed by atoms with Crippen molar-refractivity contribution in [3.05, 3.63) is 278 Å². The van der Waals surface area contributed by atoms with Crippen LogP contribution in [-0.2, 0) is 10.8 Å². The average Bonchev–Trinajstić information content (AvgIpc) is 1.60. The lowest BCUT2D eigenvalue weighted by molar-refractivity contribution is 0.487. The first kappa shape index (κ1) is 39.7. The molecule has 0 bridgehead atoms. The van der Waals surface area contributed by atoms with Crippen LogP contribution < -0.4 is 26.0 Å². The highest BCUT2D eigenvalue weighted by atomic mass is 16.5. The van der Waals surface area contributed by atoms with Crippen molar-refractivity contribution in [2.24, 2.45) is 0 Å². The summed E-state index contributed by atoms with van der Waals surface area (Å²) in [5.74, 6) is 1.77. The molecule has 0 amide bonds. The highest BCUT2D eigenvalue weighted by Gasteiger charge is 2.44. The monoisotopic (exact) mass is 1200 g/mol. The summed E-state index contributed by atoms with van der Waals surface area (Å²) in [5, 5.41) is 1.63. The van der Waals surface area contributed by atoms with Crippen LogP contribution in [0.25, 0.3) is 117 Å². The van der Waals surface area contributed by atoms with Gasteiger partial charge in [-0.2, -0.15) is 0 Å². The minimum absolute atomic E-state index is 0.0751. The van der Waals surface area contributed by atoms with Gasteiger partial charge in [0.15, 0.2) is 17.5 Å². The number of anilines is 3. The molecule has 9 heteroatoms. The fraction of sp³-hybridized carbons (Fsp3) is 0.0964. The molecular formula is C83H62BN7O. The van der Waals surface area contributed by atoms with Crippen LogP contribution in [-0.4, -0.2) is 35.4 Å². The van der Waals surface area contributed by atoms with Gasteiger partial charge in [-0.3, -0.25) is 0 Å². The lowest BCUT2D eigenvalue weighted by atomic mass is 9.34. The second-order valence-electron chi connectivity index (χ2n) is 25.6. The summed E-state index contributed by atoms with van der Waals surface area (Å²) in [7, 11) is 0. The van der Waals surface area contributed by atoms with Crippen molar-refractivity contribution in [2.45, 2.75) is 52.4 Å². The van der Waals surface area contributed by atoms with Gasteiger partial charge >= 0.3 is 0 Å². The van der Waals surface area contributed by atoms with Crippen molar-refractivity contribution in [1.29, 1.82) is 0 Å². The molecule has 438 valence electrons. The Balaban J connectivity index is 0.990. The van der Waals surface area contributed by atoms with Gasteiger partial charge in [0.25, 0.3) is 6.71 Å². The highest BCUT2D eigenvalue weighted by molar-refractivity contribution is 6.99. The Hall–Kier alpha value is -11.3.